The van der Waals surface area contributed by atoms with E-state index in [1.54, 1.807) is 18.3 Å². The van der Waals surface area contributed by atoms with Crippen LogP contribution >= 0.6 is 12.2 Å². The molecule has 7 nitrogen and oxygen atoms in total. The minimum atomic E-state index is -0.509. The first-order valence-electron chi connectivity index (χ1n) is 13.8. The van der Waals surface area contributed by atoms with Crippen LogP contribution in [-0.2, 0) is 20.8 Å². The van der Waals surface area contributed by atoms with E-state index in [2.05, 4.69) is 16.4 Å². The maximum absolute atomic E-state index is 13.0. The fraction of sp³-hybridized carbons (Fsp3) is 0.387. The Bertz CT molecular complexity index is 1390. The number of piperidine rings is 1. The van der Waals surface area contributed by atoms with Crippen molar-refractivity contribution in [2.24, 2.45) is 11.3 Å². The normalized spacial score (nSPS) is 20.4. The second-order valence-corrected chi connectivity index (χ2v) is 11.5. The lowest BCUT2D eigenvalue weighted by atomic mass is 9.71. The molecule has 1 aromatic heterocycles. The Morgan fingerprint density at radius 1 is 1.08 bits per heavy atom. The third-order valence-electron chi connectivity index (χ3n) is 8.46. The molecule has 3 amide bonds. The van der Waals surface area contributed by atoms with Crippen molar-refractivity contribution in [1.29, 1.82) is 0 Å². The topological polar surface area (TPSA) is 82.6 Å². The Hall–Kier alpha value is -3.65. The first kappa shape index (κ1) is 25.6. The predicted molar refractivity (Wildman–Crippen MR) is 154 cm³/mol. The van der Waals surface area contributed by atoms with Gasteiger partial charge in [-0.25, -0.2) is 4.98 Å². The van der Waals surface area contributed by atoms with Crippen LogP contribution in [0.3, 0.4) is 0 Å². The summed E-state index contributed by atoms with van der Waals surface area (Å²) in [5.74, 6) is 0.999. The standard InChI is InChI=1S/C31H32N4O3S/c36-26(34-14-10-23(11-15-34)27(39)22-4-2-1-3-5-22)9-6-21-18-25-19-31(30(38)33-28(25)32-20-21)12-16-35(17-13-31)29(37)24-7-8-24/h1-6,9-10,18,20,24H,7-8,11-17,19H2,(H,32,33,38)/b9-6+. The Labute approximate surface area is 234 Å². The van der Waals surface area contributed by atoms with Crippen molar-refractivity contribution in [2.75, 3.05) is 31.5 Å². The average molecular weight is 541 g/mol. The zero-order chi connectivity index (χ0) is 27.0. The van der Waals surface area contributed by atoms with Crippen LogP contribution in [0.15, 0.2) is 60.3 Å². The molecular formula is C31H32N4O3S. The summed E-state index contributed by atoms with van der Waals surface area (Å²) < 4.78 is 0. The molecule has 8 heteroatoms. The number of hydrogen-bond acceptors (Lipinski definition) is 5. The zero-order valence-electron chi connectivity index (χ0n) is 21.9. The van der Waals surface area contributed by atoms with Crippen molar-refractivity contribution in [1.82, 2.24) is 14.8 Å². The Morgan fingerprint density at radius 3 is 2.54 bits per heavy atom. The van der Waals surface area contributed by atoms with Crippen LogP contribution < -0.4 is 5.32 Å². The van der Waals surface area contributed by atoms with Gasteiger partial charge in [0.15, 0.2) is 0 Å². The molecule has 4 aliphatic rings. The number of amides is 3. The van der Waals surface area contributed by atoms with Crippen LogP contribution in [0.2, 0.25) is 0 Å². The predicted octanol–water partition coefficient (Wildman–Crippen LogP) is 4.19. The molecule has 1 saturated heterocycles. The molecule has 200 valence electrons. The number of rotatable bonds is 5. The first-order valence-corrected chi connectivity index (χ1v) is 14.2. The Balaban J connectivity index is 1.08. The number of thiocarbonyl (C=S) groups is 1. The highest BCUT2D eigenvalue weighted by Gasteiger charge is 2.46. The monoisotopic (exact) mass is 540 g/mol. The van der Waals surface area contributed by atoms with Crippen molar-refractivity contribution in [3.05, 3.63) is 77.0 Å². The van der Waals surface area contributed by atoms with E-state index in [1.807, 2.05) is 46.2 Å². The molecule has 0 atom stereocenters. The number of nitrogens with one attached hydrogen (secondary N) is 1. The van der Waals surface area contributed by atoms with Crippen LogP contribution in [0.1, 0.15) is 48.8 Å². The summed E-state index contributed by atoms with van der Waals surface area (Å²) in [6.45, 7) is 2.41. The number of nitrogens with zero attached hydrogens (tertiary/aromatic N) is 3. The molecule has 6 rings (SSSR count). The minimum Gasteiger partial charge on any atom is -0.342 e. The molecule has 0 unspecified atom stereocenters. The molecule has 0 radical (unpaired) electrons. The number of carbonyl (C=O) groups is 3. The van der Waals surface area contributed by atoms with Crippen LogP contribution in [-0.4, -0.2) is 63.5 Å². The summed E-state index contributed by atoms with van der Waals surface area (Å²) in [5.41, 5.74) is 3.44. The number of anilines is 1. The molecule has 0 bridgehead atoms. The zero-order valence-corrected chi connectivity index (χ0v) is 22.7. The van der Waals surface area contributed by atoms with E-state index in [4.69, 9.17) is 12.2 Å². The number of aromatic nitrogens is 1. The molecule has 4 heterocycles. The van der Waals surface area contributed by atoms with Crippen molar-refractivity contribution in [3.63, 3.8) is 0 Å². The van der Waals surface area contributed by atoms with Crippen molar-refractivity contribution < 1.29 is 14.4 Å². The van der Waals surface area contributed by atoms with Gasteiger partial charge in [-0.05, 0) is 72.9 Å². The van der Waals surface area contributed by atoms with E-state index in [0.29, 0.717) is 51.3 Å². The van der Waals surface area contributed by atoms with E-state index < -0.39 is 5.41 Å². The van der Waals surface area contributed by atoms with Gasteiger partial charge in [-0.3, -0.25) is 14.4 Å². The highest BCUT2D eigenvalue weighted by atomic mass is 32.1. The van der Waals surface area contributed by atoms with E-state index in [1.165, 1.54) is 0 Å². The van der Waals surface area contributed by atoms with Crippen LogP contribution in [0.4, 0.5) is 5.82 Å². The lowest BCUT2D eigenvalue weighted by Crippen LogP contribution is -2.51. The molecule has 1 spiro atoms. The molecule has 39 heavy (non-hydrogen) atoms. The highest BCUT2D eigenvalue weighted by Crippen LogP contribution is 2.42. The Morgan fingerprint density at radius 2 is 1.85 bits per heavy atom. The lowest BCUT2D eigenvalue weighted by molar-refractivity contribution is -0.139. The molecule has 1 aliphatic carbocycles. The van der Waals surface area contributed by atoms with Gasteiger partial charge in [-0.1, -0.05) is 48.6 Å². The van der Waals surface area contributed by atoms with E-state index in [-0.39, 0.29) is 23.6 Å². The summed E-state index contributed by atoms with van der Waals surface area (Å²) in [7, 11) is 0. The molecule has 2 aromatic rings. The van der Waals surface area contributed by atoms with Crippen molar-refractivity contribution in [3.8, 4) is 0 Å². The second-order valence-electron chi connectivity index (χ2n) is 11.1. The summed E-state index contributed by atoms with van der Waals surface area (Å²) in [4.78, 5) is 47.5. The van der Waals surface area contributed by atoms with Gasteiger partial charge in [-0.15, -0.1) is 0 Å². The maximum Gasteiger partial charge on any atom is 0.246 e. The molecule has 3 aliphatic heterocycles. The molecule has 2 fully saturated rings. The minimum absolute atomic E-state index is 0.00348. The van der Waals surface area contributed by atoms with Gasteiger partial charge in [-0.2, -0.15) is 0 Å². The Kier molecular flexibility index (Phi) is 6.89. The van der Waals surface area contributed by atoms with Crippen LogP contribution in [0, 0.1) is 11.3 Å². The van der Waals surface area contributed by atoms with E-state index >= 15 is 0 Å². The number of likely N-dealkylation sites (tertiary alicyclic amines) is 1. The summed E-state index contributed by atoms with van der Waals surface area (Å²) in [6, 6.07) is 12.0. The third-order valence-corrected chi connectivity index (χ3v) is 8.95. The largest absolute Gasteiger partial charge is 0.342 e. The van der Waals surface area contributed by atoms with E-state index in [9.17, 15) is 14.4 Å². The second kappa shape index (κ2) is 10.5. The van der Waals surface area contributed by atoms with Gasteiger partial charge in [0, 0.05) is 49.2 Å². The molecular weight excluding hydrogens is 508 g/mol. The highest BCUT2D eigenvalue weighted by molar-refractivity contribution is 7.81. The molecule has 1 N–H and O–H groups in total. The first-order chi connectivity index (χ1) is 18.9. The van der Waals surface area contributed by atoms with Gasteiger partial charge in [0.05, 0.1) is 5.41 Å². The number of hydrogen-bond donors (Lipinski definition) is 1. The van der Waals surface area contributed by atoms with Crippen LogP contribution in [0.5, 0.6) is 0 Å². The molecule has 1 aromatic carbocycles. The van der Waals surface area contributed by atoms with Gasteiger partial charge in [0.2, 0.25) is 17.7 Å². The molecule has 1 saturated carbocycles. The van der Waals surface area contributed by atoms with Gasteiger partial charge in [0.25, 0.3) is 0 Å². The average Bonchev–Trinajstić information content (AvgIpc) is 3.83. The summed E-state index contributed by atoms with van der Waals surface area (Å²) in [5, 5.41) is 3.00. The number of pyridine rings is 1. The maximum atomic E-state index is 13.0. The van der Waals surface area contributed by atoms with Crippen LogP contribution in [0.25, 0.3) is 6.08 Å². The fourth-order valence-electron chi connectivity index (χ4n) is 5.82. The smallest absolute Gasteiger partial charge is 0.246 e. The number of fused-ring (bicyclic) bond motifs is 1. The number of benzene rings is 1. The van der Waals surface area contributed by atoms with Crippen molar-refractivity contribution in [2.45, 2.75) is 38.5 Å². The summed E-state index contributed by atoms with van der Waals surface area (Å²) in [6.07, 6.45) is 11.8. The number of carbonyl (C=O) groups excluding carboxylic acids is 3. The SMILES string of the molecule is O=C(/C=C/c1cnc2c(c1)CC1(CCN(C(=O)C3CC3)CC1)C(=O)N2)N1CC=C(C(=S)c2ccccc2)CC1. The van der Waals surface area contributed by atoms with Crippen molar-refractivity contribution >= 4 is 46.7 Å². The quantitative estimate of drug-likeness (QED) is 0.350. The fourth-order valence-corrected chi connectivity index (χ4v) is 6.14. The summed E-state index contributed by atoms with van der Waals surface area (Å²) >= 11 is 5.65. The van der Waals surface area contributed by atoms with Gasteiger partial charge >= 0.3 is 0 Å². The van der Waals surface area contributed by atoms with Gasteiger partial charge in [0.1, 0.15) is 5.82 Å². The van der Waals surface area contributed by atoms with Gasteiger partial charge < -0.3 is 15.1 Å². The van der Waals surface area contributed by atoms with E-state index in [0.717, 1.165) is 46.4 Å². The third kappa shape index (κ3) is 5.30. The lowest BCUT2D eigenvalue weighted by Gasteiger charge is -2.43.